The number of amides is 2. The molecule has 1 aliphatic rings. The number of thiophene rings is 1. The van der Waals surface area contributed by atoms with Crippen molar-refractivity contribution in [2.24, 2.45) is 5.92 Å². The van der Waals surface area contributed by atoms with E-state index in [1.807, 2.05) is 24.3 Å². The Morgan fingerprint density at radius 2 is 1.92 bits per heavy atom. The first kappa shape index (κ1) is 17.4. The van der Waals surface area contributed by atoms with Gasteiger partial charge >= 0.3 is 0 Å². The molecule has 1 aliphatic heterocycles. The Balaban J connectivity index is 1.68. The van der Waals surface area contributed by atoms with Gasteiger partial charge in [0.1, 0.15) is 0 Å². The molecule has 2 aromatic rings. The van der Waals surface area contributed by atoms with Crippen LogP contribution in [0.2, 0.25) is 0 Å². The average molecular weight is 354 g/mol. The van der Waals surface area contributed by atoms with E-state index in [4.69, 9.17) is 0 Å². The molecule has 0 unspecified atom stereocenters. The topological polar surface area (TPSA) is 49.4 Å². The summed E-state index contributed by atoms with van der Waals surface area (Å²) in [6.07, 6.45) is 2.71. The van der Waals surface area contributed by atoms with Gasteiger partial charge in [-0.2, -0.15) is 0 Å². The molecule has 0 aliphatic carbocycles. The van der Waals surface area contributed by atoms with Crippen molar-refractivity contribution in [2.75, 3.05) is 18.4 Å². The number of likely N-dealkylation sites (tertiary alicyclic amines) is 1. The van der Waals surface area contributed by atoms with Gasteiger partial charge in [0, 0.05) is 40.0 Å². The first-order valence-corrected chi connectivity index (χ1v) is 9.28. The van der Waals surface area contributed by atoms with E-state index in [1.54, 1.807) is 16.2 Å². The van der Waals surface area contributed by atoms with Gasteiger partial charge in [0.05, 0.1) is 0 Å². The quantitative estimate of drug-likeness (QED) is 0.841. The minimum absolute atomic E-state index is 0.0337. The van der Waals surface area contributed by atoms with E-state index in [0.717, 1.165) is 16.1 Å². The predicted octanol–water partition coefficient (Wildman–Crippen LogP) is 4.09. The third-order valence-electron chi connectivity index (χ3n) is 4.54. The second-order valence-electron chi connectivity index (χ2n) is 6.25. The van der Waals surface area contributed by atoms with Crippen molar-refractivity contribution in [3.63, 3.8) is 0 Å². The third kappa shape index (κ3) is 3.99. The van der Waals surface area contributed by atoms with E-state index in [2.05, 4.69) is 31.0 Å². The summed E-state index contributed by atoms with van der Waals surface area (Å²) in [5.74, 6) is -0.0873. The molecule has 0 radical (unpaired) electrons. The van der Waals surface area contributed by atoms with Gasteiger partial charge in [0.15, 0.2) is 0 Å². The van der Waals surface area contributed by atoms with E-state index in [0.29, 0.717) is 25.9 Å². The fraction of sp³-hybridized carbons (Fsp3) is 0.300. The van der Waals surface area contributed by atoms with Crippen LogP contribution in [0.15, 0.2) is 49.1 Å². The standard InChI is InChI=1S/C20H22N2O2S/c1-3-19(23)22-12-10-15(11-13-22)20(24)21-17-7-5-4-6-16(17)18-9-8-14(2)25-18/h3-9,15H,1,10-13H2,2H3,(H,21,24). The molecule has 1 saturated heterocycles. The van der Waals surface area contributed by atoms with Crippen LogP contribution in [0.4, 0.5) is 5.69 Å². The Labute approximate surface area is 152 Å². The number of hydrogen-bond donors (Lipinski definition) is 1. The first-order chi connectivity index (χ1) is 12.1. The van der Waals surface area contributed by atoms with Crippen molar-refractivity contribution in [3.05, 3.63) is 53.9 Å². The first-order valence-electron chi connectivity index (χ1n) is 8.46. The molecule has 130 valence electrons. The second-order valence-corrected chi connectivity index (χ2v) is 7.54. The number of nitrogens with one attached hydrogen (secondary N) is 1. The Morgan fingerprint density at radius 1 is 1.20 bits per heavy atom. The fourth-order valence-electron chi connectivity index (χ4n) is 3.11. The molecule has 0 saturated carbocycles. The highest BCUT2D eigenvalue weighted by atomic mass is 32.1. The lowest BCUT2D eigenvalue weighted by atomic mass is 9.95. The number of rotatable bonds is 4. The van der Waals surface area contributed by atoms with Gasteiger partial charge in [-0.15, -0.1) is 11.3 Å². The van der Waals surface area contributed by atoms with E-state index in [-0.39, 0.29) is 17.7 Å². The van der Waals surface area contributed by atoms with Gasteiger partial charge in [-0.25, -0.2) is 0 Å². The number of carbonyl (C=O) groups is 2. The molecule has 1 N–H and O–H groups in total. The Kier molecular flexibility index (Phi) is 5.34. The van der Waals surface area contributed by atoms with Gasteiger partial charge in [-0.1, -0.05) is 24.8 Å². The molecular weight excluding hydrogens is 332 g/mol. The summed E-state index contributed by atoms with van der Waals surface area (Å²) < 4.78 is 0. The predicted molar refractivity (Wildman–Crippen MR) is 103 cm³/mol. The van der Waals surface area contributed by atoms with Crippen LogP contribution in [0.5, 0.6) is 0 Å². The fourth-order valence-corrected chi connectivity index (χ4v) is 4.02. The van der Waals surface area contributed by atoms with Crippen LogP contribution in [-0.2, 0) is 9.59 Å². The summed E-state index contributed by atoms with van der Waals surface area (Å²) in [5.41, 5.74) is 1.90. The molecule has 1 aromatic heterocycles. The maximum atomic E-state index is 12.7. The zero-order valence-corrected chi connectivity index (χ0v) is 15.1. The Morgan fingerprint density at radius 3 is 2.56 bits per heavy atom. The number of anilines is 1. The average Bonchev–Trinajstić information content (AvgIpc) is 3.07. The molecule has 2 heterocycles. The molecule has 0 atom stereocenters. The SMILES string of the molecule is C=CC(=O)N1CCC(C(=O)Nc2ccccc2-c2ccc(C)s2)CC1. The van der Waals surface area contributed by atoms with Crippen molar-refractivity contribution in [2.45, 2.75) is 19.8 Å². The summed E-state index contributed by atoms with van der Waals surface area (Å²) in [4.78, 5) is 28.5. The molecule has 5 heteroatoms. The van der Waals surface area contributed by atoms with Gasteiger partial charge in [-0.05, 0) is 44.0 Å². The maximum Gasteiger partial charge on any atom is 0.245 e. The summed E-state index contributed by atoms with van der Waals surface area (Å²) >= 11 is 1.72. The molecule has 3 rings (SSSR count). The van der Waals surface area contributed by atoms with E-state index >= 15 is 0 Å². The number of benzene rings is 1. The Hall–Kier alpha value is -2.40. The van der Waals surface area contributed by atoms with Gasteiger partial charge in [0.2, 0.25) is 11.8 Å². The van der Waals surface area contributed by atoms with Crippen LogP contribution in [-0.4, -0.2) is 29.8 Å². The van der Waals surface area contributed by atoms with Crippen LogP contribution >= 0.6 is 11.3 Å². The highest BCUT2D eigenvalue weighted by Crippen LogP contribution is 2.33. The molecule has 0 spiro atoms. The molecule has 2 amide bonds. The zero-order chi connectivity index (χ0) is 17.8. The minimum atomic E-state index is -0.0630. The largest absolute Gasteiger partial charge is 0.339 e. The van der Waals surface area contributed by atoms with Crippen molar-refractivity contribution in [1.82, 2.24) is 4.90 Å². The molecule has 1 aromatic carbocycles. The molecule has 0 bridgehead atoms. The lowest BCUT2D eigenvalue weighted by Gasteiger charge is -2.30. The van der Waals surface area contributed by atoms with Gasteiger partial charge in [-0.3, -0.25) is 9.59 Å². The minimum Gasteiger partial charge on any atom is -0.339 e. The van der Waals surface area contributed by atoms with E-state index in [9.17, 15) is 9.59 Å². The van der Waals surface area contributed by atoms with Crippen molar-refractivity contribution in [1.29, 1.82) is 0 Å². The molecule has 1 fully saturated rings. The maximum absolute atomic E-state index is 12.7. The van der Waals surface area contributed by atoms with E-state index < -0.39 is 0 Å². The van der Waals surface area contributed by atoms with E-state index in [1.165, 1.54) is 11.0 Å². The molecular formula is C20H22N2O2S. The third-order valence-corrected chi connectivity index (χ3v) is 5.58. The van der Waals surface area contributed by atoms with Crippen LogP contribution < -0.4 is 5.32 Å². The zero-order valence-electron chi connectivity index (χ0n) is 14.3. The summed E-state index contributed by atoms with van der Waals surface area (Å²) in [7, 11) is 0. The number of nitrogens with zero attached hydrogens (tertiary/aromatic N) is 1. The number of hydrogen-bond acceptors (Lipinski definition) is 3. The summed E-state index contributed by atoms with van der Waals surface area (Å²) in [6.45, 7) is 6.81. The van der Waals surface area contributed by atoms with Crippen LogP contribution in [0.1, 0.15) is 17.7 Å². The lowest BCUT2D eigenvalue weighted by molar-refractivity contribution is -0.130. The van der Waals surface area contributed by atoms with Crippen molar-refractivity contribution >= 4 is 28.8 Å². The second kappa shape index (κ2) is 7.66. The highest BCUT2D eigenvalue weighted by molar-refractivity contribution is 7.15. The number of para-hydroxylation sites is 1. The van der Waals surface area contributed by atoms with Crippen LogP contribution in [0.3, 0.4) is 0 Å². The highest BCUT2D eigenvalue weighted by Gasteiger charge is 2.26. The Bertz CT molecular complexity index is 788. The monoisotopic (exact) mass is 354 g/mol. The lowest BCUT2D eigenvalue weighted by Crippen LogP contribution is -2.40. The number of piperidine rings is 1. The van der Waals surface area contributed by atoms with Crippen LogP contribution in [0, 0.1) is 12.8 Å². The summed E-state index contributed by atoms with van der Waals surface area (Å²) in [5, 5.41) is 3.09. The van der Waals surface area contributed by atoms with Crippen LogP contribution in [0.25, 0.3) is 10.4 Å². The molecule has 4 nitrogen and oxygen atoms in total. The van der Waals surface area contributed by atoms with Crippen molar-refractivity contribution < 1.29 is 9.59 Å². The number of carbonyl (C=O) groups excluding carboxylic acids is 2. The normalized spacial score (nSPS) is 15.0. The van der Waals surface area contributed by atoms with Gasteiger partial charge < -0.3 is 10.2 Å². The smallest absolute Gasteiger partial charge is 0.245 e. The number of aryl methyl sites for hydroxylation is 1. The van der Waals surface area contributed by atoms with Crippen molar-refractivity contribution in [3.8, 4) is 10.4 Å². The van der Waals surface area contributed by atoms with Gasteiger partial charge in [0.25, 0.3) is 0 Å². The summed E-state index contributed by atoms with van der Waals surface area (Å²) in [6, 6.07) is 12.1. The molecule has 25 heavy (non-hydrogen) atoms.